The number of hydrogen-bond acceptors (Lipinski definition) is 16. The fourth-order valence-electron chi connectivity index (χ4n) is 10.8. The normalized spacial score (nSPS) is 9.74. The first-order chi connectivity index (χ1) is 63.5. The number of carbonyl (C=O) groups excluding carboxylic acids is 4. The molecule has 0 atom stereocenters. The molecule has 0 fully saturated rings. The first kappa shape index (κ1) is 127. The Hall–Kier alpha value is -12.2. The van der Waals surface area contributed by atoms with Crippen LogP contribution in [0.15, 0.2) is 263 Å². The van der Waals surface area contributed by atoms with E-state index in [9.17, 15) is 58.1 Å². The average Bonchev–Trinajstić information content (AvgIpc) is 0.800. The number of benzene rings is 8. The van der Waals surface area contributed by atoms with Crippen LogP contribution in [0.4, 0.5) is 22.7 Å². The average molecular weight is 1900 g/mol. The molecule has 0 aliphatic heterocycles. The van der Waals surface area contributed by atoms with Crippen LogP contribution in [0.1, 0.15) is 297 Å². The molecular weight excluding hydrogens is 1750 g/mol. The molecule has 21 nitrogen and oxygen atoms in total. The minimum absolute atomic E-state index is 0.0961. The van der Waals surface area contributed by atoms with E-state index in [4.69, 9.17) is 0 Å². The van der Waals surface area contributed by atoms with Crippen molar-refractivity contribution in [2.24, 2.45) is 0 Å². The highest BCUT2D eigenvalue weighted by atomic mass is 32.2. The molecule has 12 rings (SSSR count). The molecule has 8 aromatic carbocycles. The molecule has 0 unspecified atom stereocenters. The van der Waals surface area contributed by atoms with Gasteiger partial charge in [0.2, 0.25) is 5.78 Å². The van der Waals surface area contributed by atoms with Crippen molar-refractivity contribution in [3.8, 4) is 0 Å². The maximum Gasteiger partial charge on any atom is 0.261 e. The van der Waals surface area contributed by atoms with Crippen LogP contribution in [-0.2, 0) is 40.1 Å². The Bertz CT molecular complexity index is 5910. The maximum absolute atomic E-state index is 13.1. The predicted octanol–water partition coefficient (Wildman–Crippen LogP) is 27.7. The summed E-state index contributed by atoms with van der Waals surface area (Å²) in [6.07, 6.45) is 8.60. The number of nitrogens with zero attached hydrogens (tertiary/aromatic N) is 4. The van der Waals surface area contributed by atoms with Gasteiger partial charge < -0.3 is 5.21 Å². The molecular formula is C108H152N8O13S4. The quantitative estimate of drug-likeness (QED) is 0.0313. The molecule has 133 heavy (non-hydrogen) atoms. The van der Waals surface area contributed by atoms with Crippen molar-refractivity contribution < 1.29 is 57.6 Å². The van der Waals surface area contributed by atoms with E-state index < -0.39 is 45.9 Å². The van der Waals surface area contributed by atoms with Crippen LogP contribution in [-0.4, -0.2) is 71.8 Å². The van der Waals surface area contributed by atoms with Gasteiger partial charge in [-0.25, -0.2) is 33.7 Å². The Morgan fingerprint density at radius 3 is 0.835 bits per heavy atom. The summed E-state index contributed by atoms with van der Waals surface area (Å²) < 4.78 is 113. The number of ketones is 4. The minimum Gasteiger partial charge on any atom is -0.619 e. The molecule has 25 heteroatoms. The van der Waals surface area contributed by atoms with E-state index in [1.807, 2.05) is 242 Å². The molecule has 0 spiro atoms. The molecule has 12 aromatic rings. The number of pyridine rings is 4. The topological polar surface area (TPSA) is 319 Å². The first-order valence-corrected chi connectivity index (χ1v) is 51.9. The number of aromatic nitrogens is 4. The number of hydrogen-bond donors (Lipinski definition) is 4. The number of rotatable bonds is 20. The summed E-state index contributed by atoms with van der Waals surface area (Å²) in [5.74, 6) is -1.27. The lowest BCUT2D eigenvalue weighted by atomic mass is 9.97. The Morgan fingerprint density at radius 2 is 0.549 bits per heavy atom. The molecule has 726 valence electrons. The van der Waals surface area contributed by atoms with Gasteiger partial charge in [0.25, 0.3) is 40.1 Å². The van der Waals surface area contributed by atoms with Crippen LogP contribution < -0.4 is 23.6 Å². The number of aryl methyl sites for hydroxylation is 12. The standard InChI is InChI=1S/2C22H22N2O3S.C20H18N2O4S.C20H18N2O3S.12C2H6/c1-14-5-9-19(10-6-14)28(26,27)24-21-12-16(3)15(2)11-20(21)22(25)18-8-7-17(4)23-13-18;1-14-7-9-18(10-8-14)28(26,27)24-21-13-16(3)15(2)12-20(21)22(25)19-6-5-11-23-17(19)4;1-14-11-18(20(23)16-7-6-10-22(24)13-16)19(12-15(14)2)21-27(25,26)17-8-4-3-5-9-17;1-14-11-18(20(23)16-7-6-10-21-13-16)19(12-15(14)2)22-26(24,25)17-8-4-3-5-9-17;12*1-2/h2*5-13,24H,1-4H3;3-13,21H,1-2H3;3-13,22H,1-2H3;12*1-2H3. The fraction of sp³-hybridized carbons (Fsp3) is 0.333. The van der Waals surface area contributed by atoms with Crippen molar-refractivity contribution in [2.75, 3.05) is 18.9 Å². The Morgan fingerprint density at radius 1 is 0.271 bits per heavy atom. The number of nitrogens with one attached hydrogen (secondary N) is 4. The molecule has 0 saturated heterocycles. The summed E-state index contributed by atoms with van der Waals surface area (Å²) in [6.45, 7) is 70.3. The van der Waals surface area contributed by atoms with Gasteiger partial charge in [-0.05, 0) is 267 Å². The van der Waals surface area contributed by atoms with Crippen LogP contribution in [0.3, 0.4) is 0 Å². The monoisotopic (exact) mass is 1900 g/mol. The van der Waals surface area contributed by atoms with Gasteiger partial charge in [-0.2, -0.15) is 4.73 Å². The van der Waals surface area contributed by atoms with Crippen LogP contribution in [0.5, 0.6) is 0 Å². The van der Waals surface area contributed by atoms with Crippen LogP contribution in [0.2, 0.25) is 0 Å². The van der Waals surface area contributed by atoms with Gasteiger partial charge in [0.1, 0.15) is 0 Å². The molecule has 4 N–H and O–H groups in total. The van der Waals surface area contributed by atoms with E-state index in [0.29, 0.717) is 43.8 Å². The largest absolute Gasteiger partial charge is 0.619 e. The van der Waals surface area contributed by atoms with Crippen LogP contribution in [0.25, 0.3) is 0 Å². The summed E-state index contributed by atoms with van der Waals surface area (Å²) in [5, 5.41) is 11.5. The van der Waals surface area contributed by atoms with E-state index in [-0.39, 0.29) is 70.8 Å². The summed E-state index contributed by atoms with van der Waals surface area (Å²) in [7, 11) is -15.3. The van der Waals surface area contributed by atoms with Gasteiger partial charge in [-0.1, -0.05) is 238 Å². The van der Waals surface area contributed by atoms with Gasteiger partial charge in [-0.15, -0.1) is 0 Å². The summed E-state index contributed by atoms with van der Waals surface area (Å²) >= 11 is 0. The van der Waals surface area contributed by atoms with Crippen molar-refractivity contribution in [3.63, 3.8) is 0 Å². The zero-order valence-corrected chi connectivity index (χ0v) is 89.1. The van der Waals surface area contributed by atoms with Crippen molar-refractivity contribution in [1.82, 2.24) is 15.0 Å². The third-order valence-electron chi connectivity index (χ3n) is 17.6. The molecule has 0 amide bonds. The van der Waals surface area contributed by atoms with Gasteiger partial charge in [-0.3, -0.25) is 53.0 Å². The second-order valence-corrected chi connectivity index (χ2v) is 32.7. The molecule has 0 aliphatic rings. The summed E-state index contributed by atoms with van der Waals surface area (Å²) in [6, 6.07) is 55.7. The van der Waals surface area contributed by atoms with E-state index in [1.165, 1.54) is 55.0 Å². The lowest BCUT2D eigenvalue weighted by Gasteiger charge is -2.15. The zero-order chi connectivity index (χ0) is 103. The highest BCUT2D eigenvalue weighted by Gasteiger charge is 2.27. The van der Waals surface area contributed by atoms with Gasteiger partial charge in [0, 0.05) is 81.2 Å². The lowest BCUT2D eigenvalue weighted by Crippen LogP contribution is -2.26. The van der Waals surface area contributed by atoms with Gasteiger partial charge >= 0.3 is 0 Å². The number of anilines is 4. The number of carbonyl (C=O) groups is 4. The second-order valence-electron chi connectivity index (χ2n) is 25.9. The highest BCUT2D eigenvalue weighted by Crippen LogP contribution is 2.32. The highest BCUT2D eigenvalue weighted by molar-refractivity contribution is 7.93. The van der Waals surface area contributed by atoms with Crippen molar-refractivity contribution in [2.45, 2.75) is 269 Å². The van der Waals surface area contributed by atoms with Gasteiger partial charge in [0.05, 0.1) is 47.9 Å². The SMILES string of the molecule is CC.CC.CC.CC.CC.CC.CC.CC.CC.CC.CC.CC.Cc1cc(NS(=O)(=O)c2ccccc2)c(C(=O)c2ccc[n+]([O-])c2)cc1C.Cc1cc(NS(=O)(=O)c2ccccc2)c(C(=O)c2cccnc2)cc1C.Cc1ccc(S(=O)(=O)Nc2cc(C)c(C)cc2C(=O)c2ccc(C)nc2)cc1.Cc1ccc(S(=O)(=O)Nc2cc(C)c(C)cc2C(=O)c2cccnc2C)cc1. The Kier molecular flexibility index (Phi) is 64.9. The second kappa shape index (κ2) is 67.9. The van der Waals surface area contributed by atoms with Crippen molar-refractivity contribution >= 4 is 86.0 Å². The van der Waals surface area contributed by atoms with E-state index in [1.54, 1.807) is 189 Å². The van der Waals surface area contributed by atoms with Crippen LogP contribution in [0, 0.1) is 88.3 Å². The van der Waals surface area contributed by atoms with E-state index in [2.05, 4.69) is 33.8 Å². The van der Waals surface area contributed by atoms with Crippen molar-refractivity contribution in [3.05, 3.63) is 360 Å². The van der Waals surface area contributed by atoms with Crippen LogP contribution >= 0.6 is 0 Å². The fourth-order valence-corrected chi connectivity index (χ4v) is 15.2. The third kappa shape index (κ3) is 40.4. The molecule has 4 aromatic heterocycles. The minimum atomic E-state index is -3.86. The third-order valence-corrected chi connectivity index (χ3v) is 23.2. The van der Waals surface area contributed by atoms with E-state index >= 15 is 0 Å². The van der Waals surface area contributed by atoms with E-state index in [0.717, 1.165) is 67.5 Å². The summed E-state index contributed by atoms with van der Waals surface area (Å²) in [5.41, 5.74) is 13.8. The lowest BCUT2D eigenvalue weighted by molar-refractivity contribution is -0.605. The molecule has 0 radical (unpaired) electrons. The Labute approximate surface area is 800 Å². The smallest absolute Gasteiger partial charge is 0.261 e. The number of sulfonamides is 4. The van der Waals surface area contributed by atoms with Gasteiger partial charge in [0.15, 0.2) is 29.7 Å². The molecule has 4 heterocycles. The molecule has 0 bridgehead atoms. The van der Waals surface area contributed by atoms with Crippen molar-refractivity contribution in [1.29, 1.82) is 0 Å². The first-order valence-electron chi connectivity index (χ1n) is 45.9. The zero-order valence-electron chi connectivity index (χ0n) is 85.8. The molecule has 0 saturated carbocycles. The molecule has 0 aliphatic carbocycles. The Balaban J connectivity index is -0.000000773. The summed E-state index contributed by atoms with van der Waals surface area (Å²) in [4.78, 5) is 64.8. The maximum atomic E-state index is 13.1. The predicted molar refractivity (Wildman–Crippen MR) is 560 cm³/mol.